The van der Waals surface area contributed by atoms with Crippen molar-refractivity contribution >= 4 is 0 Å². The van der Waals surface area contributed by atoms with E-state index in [4.69, 9.17) is 5.73 Å². The highest BCUT2D eigenvalue weighted by molar-refractivity contribution is 5.03. The number of hydrogen-bond acceptors (Lipinski definition) is 1. The molecule has 0 radical (unpaired) electrons. The Labute approximate surface area is 125 Å². The van der Waals surface area contributed by atoms with E-state index < -0.39 is 0 Å². The zero-order chi connectivity index (χ0) is 13.7. The zero-order valence-corrected chi connectivity index (χ0v) is 13.3. The molecule has 0 aromatic heterocycles. The predicted octanol–water partition coefficient (Wildman–Crippen LogP) is 4.60. The maximum absolute atomic E-state index is 6.33. The minimum Gasteiger partial charge on any atom is -0.330 e. The van der Waals surface area contributed by atoms with Gasteiger partial charge in [0.25, 0.3) is 0 Å². The van der Waals surface area contributed by atoms with E-state index in [1.165, 1.54) is 32.1 Å². The Hall–Kier alpha value is -0.0400. The first-order valence-electron chi connectivity index (χ1n) is 9.42. The summed E-state index contributed by atoms with van der Waals surface area (Å²) in [4.78, 5) is 0. The maximum Gasteiger partial charge on any atom is -0.00179 e. The van der Waals surface area contributed by atoms with Crippen molar-refractivity contribution in [2.75, 3.05) is 6.54 Å². The lowest BCUT2D eigenvalue weighted by Crippen LogP contribution is -2.52. The summed E-state index contributed by atoms with van der Waals surface area (Å²) in [5.74, 6) is 6.30. The molecule has 0 aliphatic heterocycles. The molecule has 0 aromatic rings. The minimum atomic E-state index is 0.512. The molecule has 5 saturated carbocycles. The Kier molecular flexibility index (Phi) is 3.41. The van der Waals surface area contributed by atoms with Crippen molar-refractivity contribution in [1.29, 1.82) is 0 Å². The van der Waals surface area contributed by atoms with Gasteiger partial charge in [-0.05, 0) is 92.4 Å². The predicted molar refractivity (Wildman–Crippen MR) is 84.3 cm³/mol. The lowest BCUT2D eigenvalue weighted by Gasteiger charge is -2.59. The molecule has 2 N–H and O–H groups in total. The summed E-state index contributed by atoms with van der Waals surface area (Å²) in [6.07, 6.45) is 15.0. The monoisotopic (exact) mass is 275 g/mol. The summed E-state index contributed by atoms with van der Waals surface area (Å²) in [6.45, 7) is 3.56. The molecule has 5 aliphatic rings. The van der Waals surface area contributed by atoms with E-state index in [1.807, 2.05) is 0 Å². The summed E-state index contributed by atoms with van der Waals surface area (Å²) < 4.78 is 0. The van der Waals surface area contributed by atoms with Gasteiger partial charge >= 0.3 is 0 Å². The summed E-state index contributed by atoms with van der Waals surface area (Å²) in [6, 6.07) is 0. The SMILES string of the molecule is CC(C1C2CC3CC(C2)CC1C3)C1(CN)CCCCC1. The van der Waals surface area contributed by atoms with Crippen molar-refractivity contribution < 1.29 is 0 Å². The van der Waals surface area contributed by atoms with Crippen LogP contribution >= 0.6 is 0 Å². The van der Waals surface area contributed by atoms with Gasteiger partial charge in [-0.1, -0.05) is 26.2 Å². The fourth-order valence-electron chi connectivity index (χ4n) is 7.29. The van der Waals surface area contributed by atoms with Crippen LogP contribution < -0.4 is 5.73 Å². The number of rotatable bonds is 3. The highest BCUT2D eigenvalue weighted by Gasteiger charge is 2.53. The molecule has 5 aliphatic carbocycles. The van der Waals surface area contributed by atoms with Crippen LogP contribution in [0.25, 0.3) is 0 Å². The first-order chi connectivity index (χ1) is 9.72. The van der Waals surface area contributed by atoms with E-state index in [0.717, 1.165) is 42.1 Å². The molecular weight excluding hydrogens is 242 g/mol. The van der Waals surface area contributed by atoms with Crippen LogP contribution in [0.15, 0.2) is 0 Å². The quantitative estimate of drug-likeness (QED) is 0.800. The highest BCUT2D eigenvalue weighted by Crippen LogP contribution is 2.61. The second kappa shape index (κ2) is 5.00. The first-order valence-corrected chi connectivity index (χ1v) is 9.42. The third-order valence-electron chi connectivity index (χ3n) is 8.10. The van der Waals surface area contributed by atoms with Crippen molar-refractivity contribution in [2.45, 2.75) is 71.1 Å². The number of hydrogen-bond donors (Lipinski definition) is 1. The largest absolute Gasteiger partial charge is 0.330 e. The number of nitrogens with two attached hydrogens (primary N) is 1. The van der Waals surface area contributed by atoms with Gasteiger partial charge in [0.1, 0.15) is 0 Å². The van der Waals surface area contributed by atoms with Gasteiger partial charge < -0.3 is 5.73 Å². The van der Waals surface area contributed by atoms with Crippen LogP contribution in [0.1, 0.15) is 71.1 Å². The Bertz CT molecular complexity index is 327. The van der Waals surface area contributed by atoms with E-state index >= 15 is 0 Å². The molecule has 5 rings (SSSR count). The molecule has 0 aromatic carbocycles. The van der Waals surface area contributed by atoms with Gasteiger partial charge in [-0.15, -0.1) is 0 Å². The molecule has 1 nitrogen and oxygen atoms in total. The average molecular weight is 275 g/mol. The summed E-state index contributed by atoms with van der Waals surface area (Å²) >= 11 is 0. The topological polar surface area (TPSA) is 26.0 Å². The molecule has 0 spiro atoms. The van der Waals surface area contributed by atoms with E-state index in [9.17, 15) is 0 Å². The van der Waals surface area contributed by atoms with Crippen LogP contribution in [-0.2, 0) is 0 Å². The zero-order valence-electron chi connectivity index (χ0n) is 13.3. The second-order valence-corrected chi connectivity index (χ2v) is 8.92. The maximum atomic E-state index is 6.33. The standard InChI is InChI=1S/C19H33N/c1-13(19(12-20)5-3-2-4-6-19)18-16-8-14-7-15(10-16)11-17(18)9-14/h13-18H,2-12,20H2,1H3. The van der Waals surface area contributed by atoms with E-state index in [-0.39, 0.29) is 0 Å². The van der Waals surface area contributed by atoms with Crippen LogP contribution in [0.5, 0.6) is 0 Å². The van der Waals surface area contributed by atoms with Gasteiger partial charge in [0.05, 0.1) is 0 Å². The normalized spacial score (nSPS) is 47.4. The van der Waals surface area contributed by atoms with E-state index in [2.05, 4.69) is 6.92 Å². The fourth-order valence-corrected chi connectivity index (χ4v) is 7.29. The Morgan fingerprint density at radius 1 is 0.900 bits per heavy atom. The third kappa shape index (κ3) is 1.99. The minimum absolute atomic E-state index is 0.512. The highest BCUT2D eigenvalue weighted by atomic mass is 14.7. The Morgan fingerprint density at radius 2 is 1.45 bits per heavy atom. The lowest BCUT2D eigenvalue weighted by atomic mass is 9.46. The van der Waals surface area contributed by atoms with Gasteiger partial charge in [-0.3, -0.25) is 0 Å². The van der Waals surface area contributed by atoms with Crippen LogP contribution in [0.3, 0.4) is 0 Å². The van der Waals surface area contributed by atoms with Crippen molar-refractivity contribution in [3.63, 3.8) is 0 Å². The molecule has 1 unspecified atom stereocenters. The van der Waals surface area contributed by atoms with E-state index in [0.29, 0.717) is 5.41 Å². The molecule has 1 heteroatoms. The molecule has 5 fully saturated rings. The molecular formula is C19H33N. The van der Waals surface area contributed by atoms with Gasteiger partial charge in [0.2, 0.25) is 0 Å². The van der Waals surface area contributed by atoms with Crippen LogP contribution in [0.4, 0.5) is 0 Å². The fraction of sp³-hybridized carbons (Fsp3) is 1.00. The summed E-state index contributed by atoms with van der Waals surface area (Å²) in [5.41, 5.74) is 6.84. The third-order valence-corrected chi connectivity index (χ3v) is 8.10. The van der Waals surface area contributed by atoms with Crippen LogP contribution in [-0.4, -0.2) is 6.54 Å². The van der Waals surface area contributed by atoms with Gasteiger partial charge in [-0.25, -0.2) is 0 Å². The molecule has 20 heavy (non-hydrogen) atoms. The molecule has 0 heterocycles. The van der Waals surface area contributed by atoms with Gasteiger partial charge in [0.15, 0.2) is 0 Å². The molecule has 0 saturated heterocycles. The van der Waals surface area contributed by atoms with Crippen molar-refractivity contribution in [3.8, 4) is 0 Å². The Balaban J connectivity index is 1.57. The lowest BCUT2D eigenvalue weighted by molar-refractivity contribution is -0.0916. The summed E-state index contributed by atoms with van der Waals surface area (Å²) in [5, 5.41) is 0. The van der Waals surface area contributed by atoms with Gasteiger partial charge in [-0.2, -0.15) is 0 Å². The molecule has 4 bridgehead atoms. The van der Waals surface area contributed by atoms with Gasteiger partial charge in [0, 0.05) is 0 Å². The second-order valence-electron chi connectivity index (χ2n) is 8.92. The Morgan fingerprint density at radius 3 is 1.95 bits per heavy atom. The van der Waals surface area contributed by atoms with Crippen molar-refractivity contribution in [2.24, 2.45) is 46.7 Å². The first kappa shape index (κ1) is 13.6. The smallest absolute Gasteiger partial charge is 0.00179 e. The van der Waals surface area contributed by atoms with Crippen LogP contribution in [0, 0.1) is 40.9 Å². The van der Waals surface area contributed by atoms with Crippen LogP contribution in [0.2, 0.25) is 0 Å². The average Bonchev–Trinajstić information content (AvgIpc) is 2.46. The molecule has 0 amide bonds. The molecule has 114 valence electrons. The summed E-state index contributed by atoms with van der Waals surface area (Å²) in [7, 11) is 0. The van der Waals surface area contributed by atoms with Crippen molar-refractivity contribution in [1.82, 2.24) is 0 Å². The molecule has 1 atom stereocenters. The van der Waals surface area contributed by atoms with Crippen molar-refractivity contribution in [3.05, 3.63) is 0 Å². The van der Waals surface area contributed by atoms with E-state index in [1.54, 1.807) is 32.1 Å².